The van der Waals surface area contributed by atoms with Gasteiger partial charge in [-0.05, 0) is 43.7 Å². The summed E-state index contributed by atoms with van der Waals surface area (Å²) in [5, 5.41) is 0. The van der Waals surface area contributed by atoms with Crippen molar-refractivity contribution >= 4 is 5.69 Å². The Kier molecular flexibility index (Phi) is 2.00. The Bertz CT molecular complexity index is 320. The van der Waals surface area contributed by atoms with Gasteiger partial charge in [-0.3, -0.25) is 4.90 Å². The number of nitrogen functional groups attached to an aromatic ring is 1. The van der Waals surface area contributed by atoms with Crippen LogP contribution in [0.1, 0.15) is 18.1 Å². The number of hydrogen-bond acceptors (Lipinski definition) is 2. The minimum absolute atomic E-state index is 0.634. The van der Waals surface area contributed by atoms with Crippen molar-refractivity contribution < 1.29 is 0 Å². The first-order valence-electron chi connectivity index (χ1n) is 4.74. The molecule has 0 amide bonds. The summed E-state index contributed by atoms with van der Waals surface area (Å²) >= 11 is 0. The van der Waals surface area contributed by atoms with E-state index in [-0.39, 0.29) is 0 Å². The Balaban J connectivity index is 2.37. The second-order valence-electron chi connectivity index (χ2n) is 4.00. The largest absolute Gasteiger partial charge is 0.399 e. The second kappa shape index (κ2) is 3.04. The molecule has 0 aliphatic carbocycles. The third-order valence-corrected chi connectivity index (χ3v) is 2.92. The molecule has 1 aliphatic rings. The fourth-order valence-electron chi connectivity index (χ4n) is 1.89. The van der Waals surface area contributed by atoms with Crippen LogP contribution in [-0.4, -0.2) is 18.0 Å². The van der Waals surface area contributed by atoms with E-state index in [9.17, 15) is 0 Å². The molecule has 0 radical (unpaired) electrons. The van der Waals surface area contributed by atoms with Crippen LogP contribution in [0.5, 0.6) is 0 Å². The zero-order chi connectivity index (χ0) is 9.42. The van der Waals surface area contributed by atoms with Crippen LogP contribution in [0.4, 0.5) is 5.69 Å². The minimum atomic E-state index is 0.634. The summed E-state index contributed by atoms with van der Waals surface area (Å²) in [6.45, 7) is 3.31. The van der Waals surface area contributed by atoms with Crippen molar-refractivity contribution in [1.82, 2.24) is 4.90 Å². The van der Waals surface area contributed by atoms with Gasteiger partial charge in [0, 0.05) is 18.3 Å². The number of nitrogens with zero attached hydrogens (tertiary/aromatic N) is 1. The minimum Gasteiger partial charge on any atom is -0.399 e. The van der Waals surface area contributed by atoms with Gasteiger partial charge >= 0.3 is 0 Å². The van der Waals surface area contributed by atoms with E-state index in [0.717, 1.165) is 18.7 Å². The molecule has 2 rings (SSSR count). The van der Waals surface area contributed by atoms with Gasteiger partial charge in [0.15, 0.2) is 0 Å². The normalized spacial score (nSPS) is 22.8. The van der Waals surface area contributed by atoms with Crippen LogP contribution in [0.3, 0.4) is 0 Å². The molecule has 1 aliphatic heterocycles. The molecule has 1 heterocycles. The summed E-state index contributed by atoms with van der Waals surface area (Å²) in [4.78, 5) is 2.37. The quantitative estimate of drug-likeness (QED) is 0.609. The lowest BCUT2D eigenvalue weighted by Gasteiger charge is -2.31. The van der Waals surface area contributed by atoms with Gasteiger partial charge in [0.2, 0.25) is 0 Å². The molecule has 13 heavy (non-hydrogen) atoms. The maximum atomic E-state index is 5.75. The number of hydrogen-bond donors (Lipinski definition) is 1. The van der Waals surface area contributed by atoms with Gasteiger partial charge in [-0.25, -0.2) is 0 Å². The first-order chi connectivity index (χ1) is 6.16. The number of likely N-dealkylation sites (N-methyl/N-ethyl adjacent to an activating group) is 1. The molecule has 2 heteroatoms. The van der Waals surface area contributed by atoms with Crippen molar-refractivity contribution in [3.8, 4) is 0 Å². The zero-order valence-electron chi connectivity index (χ0n) is 8.25. The molecule has 2 N–H and O–H groups in total. The Morgan fingerprint density at radius 3 is 2.92 bits per heavy atom. The number of nitrogens with two attached hydrogens (primary N) is 1. The molecule has 0 bridgehead atoms. The Labute approximate surface area is 79.4 Å². The highest BCUT2D eigenvalue weighted by molar-refractivity contribution is 5.45. The summed E-state index contributed by atoms with van der Waals surface area (Å²) in [5.41, 5.74) is 9.48. The highest BCUT2D eigenvalue weighted by atomic mass is 15.1. The maximum absolute atomic E-state index is 5.75. The average molecular weight is 176 g/mol. The van der Waals surface area contributed by atoms with Crippen LogP contribution < -0.4 is 5.73 Å². The number of anilines is 1. The third-order valence-electron chi connectivity index (χ3n) is 2.92. The predicted octanol–water partition coefficient (Wildman–Crippen LogP) is 1.65. The maximum Gasteiger partial charge on any atom is 0.0316 e. The summed E-state index contributed by atoms with van der Waals surface area (Å²) in [7, 11) is 2.17. The van der Waals surface area contributed by atoms with E-state index in [1.165, 1.54) is 11.1 Å². The topological polar surface area (TPSA) is 29.3 Å². The molecule has 70 valence electrons. The van der Waals surface area contributed by atoms with E-state index in [1.54, 1.807) is 0 Å². The van der Waals surface area contributed by atoms with Crippen molar-refractivity contribution in [3.05, 3.63) is 29.3 Å². The highest BCUT2D eigenvalue weighted by Crippen LogP contribution is 2.23. The molecule has 1 aromatic rings. The van der Waals surface area contributed by atoms with Crippen molar-refractivity contribution in [3.63, 3.8) is 0 Å². The first-order valence-corrected chi connectivity index (χ1v) is 4.74. The molecule has 1 aromatic carbocycles. The lowest BCUT2D eigenvalue weighted by atomic mass is 9.95. The van der Waals surface area contributed by atoms with Crippen molar-refractivity contribution in [1.29, 1.82) is 0 Å². The van der Waals surface area contributed by atoms with Crippen molar-refractivity contribution in [2.75, 3.05) is 12.8 Å². The monoisotopic (exact) mass is 176 g/mol. The number of rotatable bonds is 0. The van der Waals surface area contributed by atoms with Gasteiger partial charge in [-0.15, -0.1) is 0 Å². The number of benzene rings is 1. The Hall–Kier alpha value is -1.02. The van der Waals surface area contributed by atoms with Crippen LogP contribution in [0, 0.1) is 0 Å². The summed E-state index contributed by atoms with van der Waals surface area (Å²) in [6, 6.07) is 6.88. The summed E-state index contributed by atoms with van der Waals surface area (Å²) < 4.78 is 0. The summed E-state index contributed by atoms with van der Waals surface area (Å²) in [5.74, 6) is 0. The molecule has 2 nitrogen and oxygen atoms in total. The molecule has 0 fully saturated rings. The first kappa shape index (κ1) is 8.57. The van der Waals surface area contributed by atoms with E-state index in [2.05, 4.69) is 31.0 Å². The standard InChI is InChI=1S/C11H16N2/c1-8-5-10-6-11(12)4-3-9(10)7-13(8)2/h3-4,6,8H,5,7,12H2,1-2H3. The van der Waals surface area contributed by atoms with Crippen LogP contribution in [0.2, 0.25) is 0 Å². The molecular formula is C11H16N2. The molecule has 0 spiro atoms. The highest BCUT2D eigenvalue weighted by Gasteiger charge is 2.19. The van der Waals surface area contributed by atoms with Gasteiger partial charge in [-0.2, -0.15) is 0 Å². The van der Waals surface area contributed by atoms with Gasteiger partial charge in [0.1, 0.15) is 0 Å². The predicted molar refractivity (Wildman–Crippen MR) is 55.5 cm³/mol. The Morgan fingerprint density at radius 2 is 2.15 bits per heavy atom. The smallest absolute Gasteiger partial charge is 0.0316 e. The van der Waals surface area contributed by atoms with Crippen LogP contribution in [-0.2, 0) is 13.0 Å². The zero-order valence-corrected chi connectivity index (χ0v) is 8.25. The molecule has 0 aromatic heterocycles. The van der Waals surface area contributed by atoms with Gasteiger partial charge < -0.3 is 5.73 Å². The molecular weight excluding hydrogens is 160 g/mol. The van der Waals surface area contributed by atoms with E-state index < -0.39 is 0 Å². The van der Waals surface area contributed by atoms with Crippen LogP contribution in [0.25, 0.3) is 0 Å². The molecule has 1 unspecified atom stereocenters. The van der Waals surface area contributed by atoms with Gasteiger partial charge in [0.05, 0.1) is 0 Å². The van der Waals surface area contributed by atoms with Crippen LogP contribution in [0.15, 0.2) is 18.2 Å². The summed E-state index contributed by atoms with van der Waals surface area (Å²) in [6.07, 6.45) is 1.12. The van der Waals surface area contributed by atoms with E-state index in [1.807, 2.05) is 6.07 Å². The second-order valence-corrected chi connectivity index (χ2v) is 4.00. The van der Waals surface area contributed by atoms with Crippen molar-refractivity contribution in [2.24, 2.45) is 0 Å². The Morgan fingerprint density at radius 1 is 1.38 bits per heavy atom. The van der Waals surface area contributed by atoms with Gasteiger partial charge in [0.25, 0.3) is 0 Å². The van der Waals surface area contributed by atoms with Gasteiger partial charge in [-0.1, -0.05) is 6.07 Å². The van der Waals surface area contributed by atoms with Crippen LogP contribution >= 0.6 is 0 Å². The fourth-order valence-corrected chi connectivity index (χ4v) is 1.89. The average Bonchev–Trinajstić information content (AvgIpc) is 2.08. The lowest BCUT2D eigenvalue weighted by molar-refractivity contribution is 0.231. The van der Waals surface area contributed by atoms with E-state index in [0.29, 0.717) is 6.04 Å². The SMILES string of the molecule is CC1Cc2cc(N)ccc2CN1C. The third kappa shape index (κ3) is 1.54. The van der Waals surface area contributed by atoms with Crippen molar-refractivity contribution in [2.45, 2.75) is 25.9 Å². The lowest BCUT2D eigenvalue weighted by Crippen LogP contribution is -2.34. The molecule has 0 saturated carbocycles. The van der Waals surface area contributed by atoms with E-state index in [4.69, 9.17) is 5.73 Å². The van der Waals surface area contributed by atoms with E-state index >= 15 is 0 Å². The number of fused-ring (bicyclic) bond motifs is 1. The molecule has 1 atom stereocenters. The fraction of sp³-hybridized carbons (Fsp3) is 0.455. The molecule has 0 saturated heterocycles.